The predicted molar refractivity (Wildman–Crippen MR) is 84.9 cm³/mol. The minimum absolute atomic E-state index is 0.162. The summed E-state index contributed by atoms with van der Waals surface area (Å²) in [7, 11) is 0. The van der Waals surface area contributed by atoms with E-state index in [2.05, 4.69) is 15.9 Å². The molecule has 0 N–H and O–H groups in total. The number of aryl methyl sites for hydroxylation is 1. The first-order chi connectivity index (χ1) is 9.74. The molecule has 3 rings (SSSR count). The van der Waals surface area contributed by atoms with Crippen molar-refractivity contribution in [3.63, 3.8) is 0 Å². The molecule has 0 fully saturated rings. The minimum atomic E-state index is 0.162. The van der Waals surface area contributed by atoms with Gasteiger partial charge in [0.1, 0.15) is 12.4 Å². The molecule has 1 aliphatic carbocycles. The van der Waals surface area contributed by atoms with E-state index in [1.165, 1.54) is 34.7 Å². The van der Waals surface area contributed by atoms with Gasteiger partial charge in [-0.3, -0.25) is 9.36 Å². The van der Waals surface area contributed by atoms with Gasteiger partial charge in [-0.25, -0.2) is 0 Å². The van der Waals surface area contributed by atoms with Crippen molar-refractivity contribution in [3.05, 3.63) is 49.0 Å². The second-order valence-corrected chi connectivity index (χ2v) is 6.86. The van der Waals surface area contributed by atoms with Crippen LogP contribution in [0.2, 0.25) is 0 Å². The molecule has 0 amide bonds. The quantitative estimate of drug-likeness (QED) is 0.840. The minimum Gasteiger partial charge on any atom is -0.492 e. The Morgan fingerprint density at radius 1 is 1.30 bits per heavy atom. The van der Waals surface area contributed by atoms with E-state index in [1.807, 2.05) is 28.8 Å². The zero-order valence-corrected chi connectivity index (χ0v) is 13.5. The molecule has 1 aliphatic rings. The summed E-state index contributed by atoms with van der Waals surface area (Å²) in [5, 5.41) is 0. The van der Waals surface area contributed by atoms with Gasteiger partial charge in [-0.1, -0.05) is 33.3 Å². The topological polar surface area (TPSA) is 31.2 Å². The van der Waals surface area contributed by atoms with E-state index in [1.54, 1.807) is 0 Å². The number of aromatic nitrogens is 1. The lowest BCUT2D eigenvalue weighted by atomic mass is 10.0. The standard InChI is InChI=1S/C15H16BrNO2S/c16-11-4-3-5-12(10-11)19-9-8-17-13-6-1-2-7-14(13)20-15(17)18/h3-5,10H,1-2,6-9H2. The van der Waals surface area contributed by atoms with E-state index in [0.29, 0.717) is 13.2 Å². The molecule has 106 valence electrons. The van der Waals surface area contributed by atoms with Gasteiger partial charge in [-0.2, -0.15) is 0 Å². The van der Waals surface area contributed by atoms with Crippen LogP contribution in [0.5, 0.6) is 5.75 Å². The number of hydrogen-bond acceptors (Lipinski definition) is 3. The van der Waals surface area contributed by atoms with Crippen LogP contribution in [0, 0.1) is 0 Å². The molecule has 2 aromatic rings. The van der Waals surface area contributed by atoms with Crippen LogP contribution in [0.4, 0.5) is 0 Å². The molecule has 0 bridgehead atoms. The Bertz CT molecular complexity index is 662. The smallest absolute Gasteiger partial charge is 0.307 e. The molecule has 0 radical (unpaired) electrons. The molecule has 1 aromatic carbocycles. The Labute approximate surface area is 130 Å². The summed E-state index contributed by atoms with van der Waals surface area (Å²) >= 11 is 4.83. The van der Waals surface area contributed by atoms with E-state index in [-0.39, 0.29) is 4.87 Å². The van der Waals surface area contributed by atoms with Gasteiger partial charge in [0.2, 0.25) is 0 Å². The van der Waals surface area contributed by atoms with Crippen molar-refractivity contribution in [1.82, 2.24) is 4.57 Å². The molecular formula is C15H16BrNO2S. The van der Waals surface area contributed by atoms with Crippen LogP contribution in [0.1, 0.15) is 23.4 Å². The third-order valence-corrected chi connectivity index (χ3v) is 5.10. The van der Waals surface area contributed by atoms with Crippen molar-refractivity contribution >= 4 is 27.3 Å². The van der Waals surface area contributed by atoms with E-state index in [0.717, 1.165) is 23.1 Å². The number of hydrogen-bond donors (Lipinski definition) is 0. The molecule has 1 aromatic heterocycles. The SMILES string of the molecule is O=c1sc2c(n1CCOc1cccc(Br)c1)CCCC2. The third-order valence-electron chi connectivity index (χ3n) is 3.53. The highest BCUT2D eigenvalue weighted by atomic mass is 79.9. The number of thiazole rings is 1. The maximum atomic E-state index is 12.0. The Morgan fingerprint density at radius 3 is 3.00 bits per heavy atom. The van der Waals surface area contributed by atoms with Crippen molar-refractivity contribution in [3.8, 4) is 5.75 Å². The Morgan fingerprint density at radius 2 is 2.15 bits per heavy atom. The molecule has 3 nitrogen and oxygen atoms in total. The summed E-state index contributed by atoms with van der Waals surface area (Å²) in [5.41, 5.74) is 1.24. The first-order valence-corrected chi connectivity index (χ1v) is 8.45. The molecule has 0 spiro atoms. The fourth-order valence-corrected chi connectivity index (χ4v) is 4.04. The number of nitrogens with zero attached hydrogens (tertiary/aromatic N) is 1. The monoisotopic (exact) mass is 353 g/mol. The summed E-state index contributed by atoms with van der Waals surface area (Å²) in [6.07, 6.45) is 4.50. The molecule has 0 unspecified atom stereocenters. The second-order valence-electron chi connectivity index (χ2n) is 4.90. The van der Waals surface area contributed by atoms with E-state index in [4.69, 9.17) is 4.74 Å². The fourth-order valence-electron chi connectivity index (χ4n) is 2.57. The van der Waals surface area contributed by atoms with Gasteiger partial charge in [-0.05, 0) is 43.9 Å². The predicted octanol–water partition coefficient (Wildman–Crippen LogP) is 3.63. The van der Waals surface area contributed by atoms with Crippen molar-refractivity contribution in [2.24, 2.45) is 0 Å². The normalized spacial score (nSPS) is 14.1. The van der Waals surface area contributed by atoms with E-state index in [9.17, 15) is 4.79 Å². The van der Waals surface area contributed by atoms with Gasteiger partial charge in [-0.15, -0.1) is 0 Å². The fraction of sp³-hybridized carbons (Fsp3) is 0.400. The maximum Gasteiger partial charge on any atom is 0.307 e. The Hall–Kier alpha value is -1.07. The lowest BCUT2D eigenvalue weighted by Crippen LogP contribution is -2.21. The number of fused-ring (bicyclic) bond motifs is 1. The highest BCUT2D eigenvalue weighted by molar-refractivity contribution is 9.10. The highest BCUT2D eigenvalue weighted by Crippen LogP contribution is 2.23. The van der Waals surface area contributed by atoms with Crippen molar-refractivity contribution < 1.29 is 4.74 Å². The zero-order chi connectivity index (χ0) is 13.9. The largest absolute Gasteiger partial charge is 0.492 e. The van der Waals surface area contributed by atoms with Gasteiger partial charge >= 0.3 is 4.87 Å². The molecule has 0 atom stereocenters. The number of halogens is 1. The van der Waals surface area contributed by atoms with Crippen LogP contribution in [-0.4, -0.2) is 11.2 Å². The summed E-state index contributed by atoms with van der Waals surface area (Å²) < 4.78 is 8.62. The van der Waals surface area contributed by atoms with Crippen molar-refractivity contribution in [2.45, 2.75) is 32.2 Å². The number of ether oxygens (including phenoxy) is 1. The van der Waals surface area contributed by atoms with Crippen LogP contribution in [0.15, 0.2) is 33.5 Å². The average molecular weight is 354 g/mol. The Balaban J connectivity index is 1.67. The van der Waals surface area contributed by atoms with Gasteiger partial charge in [0.15, 0.2) is 0 Å². The van der Waals surface area contributed by atoms with Gasteiger partial charge in [0.25, 0.3) is 0 Å². The van der Waals surface area contributed by atoms with Crippen molar-refractivity contribution in [2.75, 3.05) is 6.61 Å². The van der Waals surface area contributed by atoms with Crippen molar-refractivity contribution in [1.29, 1.82) is 0 Å². The average Bonchev–Trinajstić information content (AvgIpc) is 2.75. The number of rotatable bonds is 4. The third kappa shape index (κ3) is 2.99. The van der Waals surface area contributed by atoms with Crippen LogP contribution in [-0.2, 0) is 19.4 Å². The van der Waals surface area contributed by atoms with Gasteiger partial charge in [0, 0.05) is 15.0 Å². The lowest BCUT2D eigenvalue weighted by Gasteiger charge is -2.14. The van der Waals surface area contributed by atoms with Gasteiger partial charge < -0.3 is 4.74 Å². The molecule has 1 heterocycles. The summed E-state index contributed by atoms with van der Waals surface area (Å²) in [6.45, 7) is 1.16. The summed E-state index contributed by atoms with van der Waals surface area (Å²) in [4.78, 5) is 13.5. The van der Waals surface area contributed by atoms with Crippen LogP contribution in [0.25, 0.3) is 0 Å². The molecular weight excluding hydrogens is 338 g/mol. The molecule has 20 heavy (non-hydrogen) atoms. The van der Waals surface area contributed by atoms with Crippen LogP contribution < -0.4 is 9.61 Å². The maximum absolute atomic E-state index is 12.0. The number of benzene rings is 1. The molecule has 0 aliphatic heterocycles. The lowest BCUT2D eigenvalue weighted by molar-refractivity contribution is 0.294. The highest BCUT2D eigenvalue weighted by Gasteiger charge is 2.17. The first kappa shape index (κ1) is 13.9. The van der Waals surface area contributed by atoms with Crippen LogP contribution >= 0.6 is 27.3 Å². The van der Waals surface area contributed by atoms with E-state index < -0.39 is 0 Å². The molecule has 0 saturated heterocycles. The van der Waals surface area contributed by atoms with Crippen LogP contribution in [0.3, 0.4) is 0 Å². The summed E-state index contributed by atoms with van der Waals surface area (Å²) in [6, 6.07) is 7.77. The van der Waals surface area contributed by atoms with Gasteiger partial charge in [0.05, 0.1) is 6.54 Å². The summed E-state index contributed by atoms with van der Waals surface area (Å²) in [5.74, 6) is 0.830. The second kappa shape index (κ2) is 6.14. The first-order valence-electron chi connectivity index (χ1n) is 6.84. The van der Waals surface area contributed by atoms with E-state index >= 15 is 0 Å². The zero-order valence-electron chi connectivity index (χ0n) is 11.1. The Kier molecular flexibility index (Phi) is 4.27. The molecule has 0 saturated carbocycles. The molecule has 5 heteroatoms.